The molecule has 1 aromatic rings. The molecule has 1 heterocycles. The summed E-state index contributed by atoms with van der Waals surface area (Å²) in [7, 11) is 0. The van der Waals surface area contributed by atoms with Gasteiger partial charge in [-0.25, -0.2) is 0 Å². The summed E-state index contributed by atoms with van der Waals surface area (Å²) >= 11 is 0. The van der Waals surface area contributed by atoms with Gasteiger partial charge in [-0.1, -0.05) is 24.3 Å². The van der Waals surface area contributed by atoms with Crippen LogP contribution in [0, 0.1) is 5.92 Å². The summed E-state index contributed by atoms with van der Waals surface area (Å²) in [6, 6.07) is 8.89. The minimum atomic E-state index is -0.644. The highest BCUT2D eigenvalue weighted by molar-refractivity contribution is 5.67. The fourth-order valence-electron chi connectivity index (χ4n) is 3.98. The van der Waals surface area contributed by atoms with E-state index >= 15 is 0 Å². The molecule has 1 unspecified atom stereocenters. The predicted molar refractivity (Wildman–Crippen MR) is 83.5 cm³/mol. The Labute approximate surface area is 127 Å². The Kier molecular flexibility index (Phi) is 4.59. The van der Waals surface area contributed by atoms with Gasteiger partial charge < -0.3 is 10.0 Å². The normalized spacial score (nSPS) is 23.7. The van der Waals surface area contributed by atoms with E-state index in [9.17, 15) is 4.79 Å². The number of piperidine rings is 1. The van der Waals surface area contributed by atoms with Crippen LogP contribution in [-0.4, -0.2) is 35.6 Å². The molecule has 1 N–H and O–H groups in total. The van der Waals surface area contributed by atoms with Crippen molar-refractivity contribution in [2.45, 2.75) is 44.4 Å². The number of hydrogen-bond acceptors (Lipinski definition) is 2. The number of benzene rings is 1. The number of carbonyl (C=O) groups is 1. The quantitative estimate of drug-likeness (QED) is 0.923. The van der Waals surface area contributed by atoms with E-state index in [1.165, 1.54) is 24.8 Å². The highest BCUT2D eigenvalue weighted by atomic mass is 16.4. The van der Waals surface area contributed by atoms with E-state index in [1.54, 1.807) is 5.56 Å². The highest BCUT2D eigenvalue weighted by Gasteiger charge is 2.26. The van der Waals surface area contributed by atoms with Gasteiger partial charge >= 0.3 is 5.97 Å². The van der Waals surface area contributed by atoms with Crippen LogP contribution in [0.5, 0.6) is 0 Å². The molecule has 0 saturated carbocycles. The first-order valence-corrected chi connectivity index (χ1v) is 8.24. The van der Waals surface area contributed by atoms with Gasteiger partial charge in [-0.2, -0.15) is 0 Å². The molecule has 1 saturated heterocycles. The molecule has 1 aromatic carbocycles. The average Bonchev–Trinajstić information content (AvgIpc) is 2.49. The smallest absolute Gasteiger partial charge is 0.303 e. The number of aryl methyl sites for hydroxylation is 1. The molecule has 1 fully saturated rings. The molecule has 1 atom stereocenters. The number of carboxylic acid groups (broad SMARTS) is 1. The minimum Gasteiger partial charge on any atom is -0.481 e. The second kappa shape index (κ2) is 6.61. The molecule has 0 aromatic heterocycles. The van der Waals surface area contributed by atoms with Gasteiger partial charge in [0, 0.05) is 13.0 Å². The van der Waals surface area contributed by atoms with Gasteiger partial charge in [0.15, 0.2) is 0 Å². The van der Waals surface area contributed by atoms with E-state index in [0.717, 1.165) is 32.5 Å². The second-order valence-electron chi connectivity index (χ2n) is 6.63. The van der Waals surface area contributed by atoms with Crippen molar-refractivity contribution in [2.75, 3.05) is 19.6 Å². The van der Waals surface area contributed by atoms with Crippen LogP contribution in [0.4, 0.5) is 0 Å². The Bertz CT molecular complexity index is 492. The van der Waals surface area contributed by atoms with Crippen molar-refractivity contribution in [3.63, 3.8) is 0 Å². The van der Waals surface area contributed by atoms with Crippen molar-refractivity contribution in [2.24, 2.45) is 5.92 Å². The number of nitrogens with zero attached hydrogens (tertiary/aromatic N) is 1. The van der Waals surface area contributed by atoms with Crippen molar-refractivity contribution < 1.29 is 9.90 Å². The fraction of sp³-hybridized carbons (Fsp3) is 0.611. The Balaban J connectivity index is 1.56. The lowest BCUT2D eigenvalue weighted by Gasteiger charge is -2.35. The number of fused-ring (bicyclic) bond motifs is 1. The fourth-order valence-corrected chi connectivity index (χ4v) is 3.98. The molecular weight excluding hydrogens is 262 g/mol. The van der Waals surface area contributed by atoms with Crippen LogP contribution in [0.3, 0.4) is 0 Å². The molecule has 0 amide bonds. The van der Waals surface area contributed by atoms with Crippen LogP contribution >= 0.6 is 0 Å². The standard InChI is InChI=1S/C18H25NO2/c20-18(21)12-14-8-10-19(11-9-14)13-16-6-3-5-15-4-1-2-7-17(15)16/h1-2,4,7,14,16H,3,5-6,8-13H2,(H,20,21). The van der Waals surface area contributed by atoms with Gasteiger partial charge in [0.1, 0.15) is 0 Å². The third-order valence-corrected chi connectivity index (χ3v) is 5.14. The van der Waals surface area contributed by atoms with Crippen molar-refractivity contribution in [1.29, 1.82) is 0 Å². The topological polar surface area (TPSA) is 40.5 Å². The average molecular weight is 287 g/mol. The van der Waals surface area contributed by atoms with Gasteiger partial charge in [-0.15, -0.1) is 0 Å². The monoisotopic (exact) mass is 287 g/mol. The Morgan fingerprint density at radius 3 is 2.71 bits per heavy atom. The molecule has 1 aliphatic carbocycles. The number of rotatable bonds is 4. The van der Waals surface area contributed by atoms with Gasteiger partial charge in [0.2, 0.25) is 0 Å². The zero-order chi connectivity index (χ0) is 14.7. The molecule has 3 rings (SSSR count). The largest absolute Gasteiger partial charge is 0.481 e. The second-order valence-corrected chi connectivity index (χ2v) is 6.63. The molecule has 3 nitrogen and oxygen atoms in total. The summed E-state index contributed by atoms with van der Waals surface area (Å²) in [5, 5.41) is 8.89. The van der Waals surface area contributed by atoms with Crippen LogP contribution in [0.25, 0.3) is 0 Å². The van der Waals surface area contributed by atoms with E-state index in [1.807, 2.05) is 0 Å². The maximum Gasteiger partial charge on any atom is 0.303 e. The zero-order valence-corrected chi connectivity index (χ0v) is 12.6. The first-order chi connectivity index (χ1) is 10.2. The molecule has 0 bridgehead atoms. The number of aliphatic carboxylic acids is 1. The lowest BCUT2D eigenvalue weighted by atomic mass is 9.82. The summed E-state index contributed by atoms with van der Waals surface area (Å²) in [6.07, 6.45) is 6.26. The maximum atomic E-state index is 10.8. The van der Waals surface area contributed by atoms with Gasteiger partial charge in [-0.05, 0) is 68.2 Å². The molecule has 3 heteroatoms. The highest BCUT2D eigenvalue weighted by Crippen LogP contribution is 2.33. The summed E-state index contributed by atoms with van der Waals surface area (Å²) in [5.41, 5.74) is 3.09. The van der Waals surface area contributed by atoms with Crippen LogP contribution in [0.1, 0.15) is 49.1 Å². The van der Waals surface area contributed by atoms with Crippen LogP contribution in [0.2, 0.25) is 0 Å². The summed E-state index contributed by atoms with van der Waals surface area (Å²) in [4.78, 5) is 13.3. The van der Waals surface area contributed by atoms with Crippen LogP contribution in [0.15, 0.2) is 24.3 Å². The lowest BCUT2D eigenvalue weighted by Crippen LogP contribution is -2.37. The Morgan fingerprint density at radius 2 is 1.95 bits per heavy atom. The van der Waals surface area contributed by atoms with Crippen molar-refractivity contribution in [1.82, 2.24) is 4.90 Å². The van der Waals surface area contributed by atoms with E-state index in [4.69, 9.17) is 5.11 Å². The predicted octanol–water partition coefficient (Wildman–Crippen LogP) is 3.29. The minimum absolute atomic E-state index is 0.347. The SMILES string of the molecule is O=C(O)CC1CCN(CC2CCCc3ccccc32)CC1. The first kappa shape index (κ1) is 14.6. The van der Waals surface area contributed by atoms with Crippen molar-refractivity contribution in [3.05, 3.63) is 35.4 Å². The summed E-state index contributed by atoms with van der Waals surface area (Å²) in [5.74, 6) is 0.415. The summed E-state index contributed by atoms with van der Waals surface area (Å²) in [6.45, 7) is 3.28. The molecule has 0 radical (unpaired) electrons. The maximum absolute atomic E-state index is 10.8. The van der Waals surface area contributed by atoms with Gasteiger partial charge in [0.05, 0.1) is 0 Å². The van der Waals surface area contributed by atoms with E-state index in [2.05, 4.69) is 29.2 Å². The van der Waals surface area contributed by atoms with E-state index in [-0.39, 0.29) is 0 Å². The van der Waals surface area contributed by atoms with Gasteiger partial charge in [-0.3, -0.25) is 4.79 Å². The molecule has 2 aliphatic rings. The summed E-state index contributed by atoms with van der Waals surface area (Å²) < 4.78 is 0. The van der Waals surface area contributed by atoms with Gasteiger partial charge in [0.25, 0.3) is 0 Å². The van der Waals surface area contributed by atoms with Crippen LogP contribution < -0.4 is 0 Å². The van der Waals surface area contributed by atoms with E-state index in [0.29, 0.717) is 18.3 Å². The lowest BCUT2D eigenvalue weighted by molar-refractivity contribution is -0.138. The van der Waals surface area contributed by atoms with Crippen molar-refractivity contribution in [3.8, 4) is 0 Å². The third-order valence-electron chi connectivity index (χ3n) is 5.14. The Morgan fingerprint density at radius 1 is 1.19 bits per heavy atom. The molecule has 0 spiro atoms. The first-order valence-electron chi connectivity index (χ1n) is 8.24. The van der Waals surface area contributed by atoms with Crippen LogP contribution in [-0.2, 0) is 11.2 Å². The number of likely N-dealkylation sites (tertiary alicyclic amines) is 1. The number of carboxylic acids is 1. The molecule has 114 valence electrons. The molecule has 21 heavy (non-hydrogen) atoms. The van der Waals surface area contributed by atoms with E-state index < -0.39 is 5.97 Å². The molecule has 1 aliphatic heterocycles. The zero-order valence-electron chi connectivity index (χ0n) is 12.6. The third kappa shape index (κ3) is 3.65. The van der Waals surface area contributed by atoms with Crippen molar-refractivity contribution >= 4 is 5.97 Å². The molecular formula is C18H25NO2. The Hall–Kier alpha value is -1.35. The number of hydrogen-bond donors (Lipinski definition) is 1.